The average molecular weight is 611 g/mol. The molecule has 0 heterocycles. The third-order valence-electron chi connectivity index (χ3n) is 6.66. The Balaban J connectivity index is 1.62. The molecule has 0 aromatic heterocycles. The molecule has 0 bridgehead atoms. The quantitative estimate of drug-likeness (QED) is 0.191. The molecule has 2 amide bonds. The number of aliphatic carboxylic acids is 1. The maximum absolute atomic E-state index is 14.1. The van der Waals surface area contributed by atoms with Gasteiger partial charge in [0, 0.05) is 46.4 Å². The molecule has 10 heteroatoms. The molecule has 0 aliphatic carbocycles. The van der Waals surface area contributed by atoms with E-state index in [1.54, 1.807) is 66.7 Å². The van der Waals surface area contributed by atoms with Crippen molar-refractivity contribution in [3.8, 4) is 11.1 Å². The molecular formula is C32H26Cl2F2N2O4. The molecule has 42 heavy (non-hydrogen) atoms. The van der Waals surface area contributed by atoms with Gasteiger partial charge >= 0.3 is 5.97 Å². The van der Waals surface area contributed by atoms with Gasteiger partial charge in [0.2, 0.25) is 0 Å². The van der Waals surface area contributed by atoms with Crippen LogP contribution in [0.2, 0.25) is 10.0 Å². The van der Waals surface area contributed by atoms with E-state index in [1.807, 2.05) is 0 Å². The third-order valence-corrected chi connectivity index (χ3v) is 7.24. The Morgan fingerprint density at radius 3 is 2.05 bits per heavy atom. The van der Waals surface area contributed by atoms with Crippen LogP contribution in [0.4, 0.5) is 8.78 Å². The minimum Gasteiger partial charge on any atom is -0.481 e. The Hall–Kier alpha value is -4.27. The Morgan fingerprint density at radius 1 is 0.786 bits per heavy atom. The summed E-state index contributed by atoms with van der Waals surface area (Å²) < 4.78 is 28.2. The number of carboxylic acid groups (broad SMARTS) is 1. The van der Waals surface area contributed by atoms with Gasteiger partial charge in [-0.15, -0.1) is 0 Å². The summed E-state index contributed by atoms with van der Waals surface area (Å²) in [5, 5.41) is 12.8. The van der Waals surface area contributed by atoms with Gasteiger partial charge in [-0.05, 0) is 59.5 Å². The lowest BCUT2D eigenvalue weighted by Gasteiger charge is -2.24. The first-order chi connectivity index (χ1) is 20.2. The molecule has 0 atom stereocenters. The number of carboxylic acids is 1. The maximum Gasteiger partial charge on any atom is 0.305 e. The molecule has 0 unspecified atom stereocenters. The molecule has 6 nitrogen and oxygen atoms in total. The zero-order valence-electron chi connectivity index (χ0n) is 22.2. The zero-order valence-corrected chi connectivity index (χ0v) is 23.8. The van der Waals surface area contributed by atoms with Crippen molar-refractivity contribution < 1.29 is 28.3 Å². The van der Waals surface area contributed by atoms with Gasteiger partial charge in [0.15, 0.2) is 0 Å². The second-order valence-corrected chi connectivity index (χ2v) is 10.2. The van der Waals surface area contributed by atoms with E-state index in [-0.39, 0.29) is 42.7 Å². The Labute approximate surface area is 251 Å². The van der Waals surface area contributed by atoms with Gasteiger partial charge in [-0.2, -0.15) is 0 Å². The molecule has 0 aliphatic rings. The van der Waals surface area contributed by atoms with Crippen LogP contribution in [0.3, 0.4) is 0 Å². The SMILES string of the molecule is O=C(O)CCN(CCc1ccc(Cl)cc1Cl)C(=O)c1ccccc1-c1ccccc1C(=O)NCc1c(F)cccc1F. The second-order valence-electron chi connectivity index (χ2n) is 9.40. The number of nitrogens with zero attached hydrogens (tertiary/aromatic N) is 1. The van der Waals surface area contributed by atoms with E-state index < -0.39 is 29.4 Å². The number of hydrogen-bond donors (Lipinski definition) is 2. The molecular weight excluding hydrogens is 585 g/mol. The Bertz CT molecular complexity index is 1610. The van der Waals surface area contributed by atoms with Crippen molar-refractivity contribution >= 4 is 41.0 Å². The molecule has 4 aromatic rings. The van der Waals surface area contributed by atoms with Gasteiger partial charge in [0.05, 0.1) is 6.42 Å². The lowest BCUT2D eigenvalue weighted by molar-refractivity contribution is -0.137. The number of amides is 2. The van der Waals surface area contributed by atoms with Gasteiger partial charge < -0.3 is 15.3 Å². The summed E-state index contributed by atoms with van der Waals surface area (Å²) in [6.45, 7) is -0.245. The lowest BCUT2D eigenvalue weighted by Crippen LogP contribution is -2.35. The first-order valence-corrected chi connectivity index (χ1v) is 13.8. The summed E-state index contributed by atoms with van der Waals surface area (Å²) in [4.78, 5) is 39.9. The molecule has 4 aromatic carbocycles. The van der Waals surface area contributed by atoms with E-state index >= 15 is 0 Å². The highest BCUT2D eigenvalue weighted by atomic mass is 35.5. The average Bonchev–Trinajstić information content (AvgIpc) is 2.97. The van der Waals surface area contributed by atoms with E-state index in [4.69, 9.17) is 23.2 Å². The van der Waals surface area contributed by atoms with Gasteiger partial charge in [-0.25, -0.2) is 8.78 Å². The Kier molecular flexibility index (Phi) is 10.3. The summed E-state index contributed by atoms with van der Waals surface area (Å²) in [6, 6.07) is 21.7. The summed E-state index contributed by atoms with van der Waals surface area (Å²) >= 11 is 12.3. The molecule has 216 valence electrons. The molecule has 0 spiro atoms. The first kappa shape index (κ1) is 30.7. The first-order valence-electron chi connectivity index (χ1n) is 13.0. The molecule has 0 fully saturated rings. The van der Waals surface area contributed by atoms with Crippen LogP contribution in [-0.2, 0) is 17.8 Å². The number of hydrogen-bond acceptors (Lipinski definition) is 3. The fourth-order valence-electron chi connectivity index (χ4n) is 4.48. The van der Waals surface area contributed by atoms with Gasteiger partial charge in [0.25, 0.3) is 11.8 Å². The van der Waals surface area contributed by atoms with Crippen molar-refractivity contribution in [2.24, 2.45) is 0 Å². The highest BCUT2D eigenvalue weighted by molar-refractivity contribution is 6.35. The van der Waals surface area contributed by atoms with Crippen LogP contribution in [0.15, 0.2) is 84.9 Å². The van der Waals surface area contributed by atoms with Gasteiger partial charge in [-0.1, -0.05) is 71.7 Å². The van der Waals surface area contributed by atoms with Crippen LogP contribution in [0, 0.1) is 11.6 Å². The molecule has 0 saturated carbocycles. The zero-order chi connectivity index (χ0) is 30.2. The second kappa shape index (κ2) is 14.1. The minimum atomic E-state index is -1.06. The number of carbonyl (C=O) groups is 3. The van der Waals surface area contributed by atoms with E-state index in [0.717, 1.165) is 17.7 Å². The highest BCUT2D eigenvalue weighted by Gasteiger charge is 2.23. The van der Waals surface area contributed by atoms with Gasteiger partial charge in [-0.3, -0.25) is 14.4 Å². The lowest BCUT2D eigenvalue weighted by atomic mass is 9.94. The number of rotatable bonds is 11. The van der Waals surface area contributed by atoms with Crippen LogP contribution >= 0.6 is 23.2 Å². The maximum atomic E-state index is 14.1. The molecule has 0 saturated heterocycles. The predicted molar refractivity (Wildman–Crippen MR) is 158 cm³/mol. The fraction of sp³-hybridized carbons (Fsp3) is 0.156. The van der Waals surface area contributed by atoms with Crippen LogP contribution < -0.4 is 5.32 Å². The summed E-state index contributed by atoms with van der Waals surface area (Å²) in [5.41, 5.74) is 1.79. The minimum absolute atomic E-state index is 0.0515. The van der Waals surface area contributed by atoms with Crippen LogP contribution in [0.25, 0.3) is 11.1 Å². The van der Waals surface area contributed by atoms with Crippen LogP contribution in [-0.4, -0.2) is 40.9 Å². The van der Waals surface area contributed by atoms with E-state index in [1.165, 1.54) is 11.0 Å². The van der Waals surface area contributed by atoms with E-state index in [0.29, 0.717) is 27.6 Å². The number of carbonyl (C=O) groups excluding carboxylic acids is 2. The van der Waals surface area contributed by atoms with E-state index in [9.17, 15) is 28.3 Å². The standard InChI is InChI=1S/C32H26Cl2F2N2O4/c33-21-13-12-20(27(34)18-21)14-16-38(17-15-30(39)40)32(42)25-9-4-2-7-23(25)22-6-1-3-8-24(22)31(41)37-19-26-28(35)10-5-11-29(26)36/h1-13,18H,14-17,19H2,(H,37,41)(H,39,40). The van der Waals surface area contributed by atoms with Crippen molar-refractivity contribution in [3.05, 3.63) is 129 Å². The number of benzene rings is 4. The van der Waals surface area contributed by atoms with Crippen molar-refractivity contribution in [2.75, 3.05) is 13.1 Å². The predicted octanol–water partition coefficient (Wildman–Crippen LogP) is 7.03. The van der Waals surface area contributed by atoms with Crippen molar-refractivity contribution in [3.63, 3.8) is 0 Å². The van der Waals surface area contributed by atoms with E-state index in [2.05, 4.69) is 5.32 Å². The molecule has 0 aliphatic heterocycles. The highest BCUT2D eigenvalue weighted by Crippen LogP contribution is 2.29. The normalized spacial score (nSPS) is 10.8. The topological polar surface area (TPSA) is 86.7 Å². The molecule has 2 N–H and O–H groups in total. The van der Waals surface area contributed by atoms with Crippen molar-refractivity contribution in [2.45, 2.75) is 19.4 Å². The third kappa shape index (κ3) is 7.51. The number of nitrogens with one attached hydrogen (secondary N) is 1. The van der Waals surface area contributed by atoms with Crippen LogP contribution in [0.5, 0.6) is 0 Å². The summed E-state index contributed by atoms with van der Waals surface area (Å²) in [6.07, 6.45) is 0.0863. The largest absolute Gasteiger partial charge is 0.481 e. The van der Waals surface area contributed by atoms with Crippen LogP contribution in [0.1, 0.15) is 38.3 Å². The van der Waals surface area contributed by atoms with Crippen molar-refractivity contribution in [1.29, 1.82) is 0 Å². The molecule has 4 rings (SSSR count). The number of halogens is 4. The summed E-state index contributed by atoms with van der Waals surface area (Å²) in [5.74, 6) is -3.63. The smallest absolute Gasteiger partial charge is 0.305 e. The molecule has 0 radical (unpaired) electrons. The monoisotopic (exact) mass is 610 g/mol. The Morgan fingerprint density at radius 2 is 1.40 bits per heavy atom. The summed E-state index contributed by atoms with van der Waals surface area (Å²) in [7, 11) is 0. The fourth-order valence-corrected chi connectivity index (χ4v) is 4.98. The van der Waals surface area contributed by atoms with Crippen molar-refractivity contribution in [1.82, 2.24) is 10.2 Å². The van der Waals surface area contributed by atoms with Gasteiger partial charge in [0.1, 0.15) is 11.6 Å².